The zero-order chi connectivity index (χ0) is 46.5. The van der Waals surface area contributed by atoms with Crippen LogP contribution in [0.5, 0.6) is 0 Å². The van der Waals surface area contributed by atoms with E-state index < -0.39 is 6.10 Å². The Morgan fingerprint density at radius 3 is 0.969 bits per heavy atom. The molecule has 0 aliphatic rings. The average Bonchev–Trinajstić information content (AvgIpc) is 3.29. The van der Waals surface area contributed by atoms with Crippen molar-refractivity contribution in [3.8, 4) is 0 Å². The predicted octanol–water partition coefficient (Wildman–Crippen LogP) is 17.4. The third-order valence-corrected chi connectivity index (χ3v) is 10.8. The van der Waals surface area contributed by atoms with Crippen molar-refractivity contribution < 1.29 is 28.6 Å². The molecule has 0 N–H and O–H groups in total. The number of hydrogen-bond acceptors (Lipinski definition) is 6. The largest absolute Gasteiger partial charge is 0.462 e. The van der Waals surface area contributed by atoms with Crippen LogP contribution in [0.2, 0.25) is 0 Å². The van der Waals surface area contributed by atoms with Crippen LogP contribution in [0.1, 0.15) is 233 Å². The lowest BCUT2D eigenvalue weighted by Crippen LogP contribution is -2.30. The van der Waals surface area contributed by atoms with E-state index in [1.54, 1.807) is 0 Å². The van der Waals surface area contributed by atoms with E-state index in [1.165, 1.54) is 51.4 Å². The Morgan fingerprint density at radius 1 is 0.328 bits per heavy atom. The Kier molecular flexibility index (Phi) is 49.0. The fourth-order valence-electron chi connectivity index (χ4n) is 6.89. The number of carbonyl (C=O) groups is 3. The second-order valence-corrected chi connectivity index (χ2v) is 17.1. The molecule has 0 radical (unpaired) electrons. The summed E-state index contributed by atoms with van der Waals surface area (Å²) in [5, 5.41) is 0. The molecule has 1 atom stereocenters. The molecule has 0 rings (SSSR count). The number of hydrogen-bond donors (Lipinski definition) is 0. The van der Waals surface area contributed by atoms with E-state index in [1.807, 2.05) is 0 Å². The summed E-state index contributed by atoms with van der Waals surface area (Å²) >= 11 is 0. The molecular weight excluding hydrogens is 793 g/mol. The van der Waals surface area contributed by atoms with Gasteiger partial charge in [0.05, 0.1) is 0 Å². The molecule has 0 aliphatic heterocycles. The Labute approximate surface area is 394 Å². The average molecular weight is 889 g/mol. The molecular formula is C58H96O6. The second-order valence-electron chi connectivity index (χ2n) is 17.1. The SMILES string of the molecule is CC/C=C\C/C=C\C/C=C\C/C=C\C/C=C\C/C=C\C/C=C\CCCCCCCC(=O)OCC(COC(=O)CCCCCCC)OC(=O)CCCCCCC/C=C\CCCCCCC. The maximum Gasteiger partial charge on any atom is 0.306 e. The van der Waals surface area contributed by atoms with E-state index in [9.17, 15) is 14.4 Å². The zero-order valence-corrected chi connectivity index (χ0v) is 41.5. The van der Waals surface area contributed by atoms with Crippen molar-refractivity contribution in [2.45, 2.75) is 239 Å². The summed E-state index contributed by atoms with van der Waals surface area (Å²) in [5.41, 5.74) is 0. The topological polar surface area (TPSA) is 78.9 Å². The highest BCUT2D eigenvalue weighted by atomic mass is 16.6. The molecule has 0 bridgehead atoms. The van der Waals surface area contributed by atoms with Crippen LogP contribution in [0.3, 0.4) is 0 Å². The van der Waals surface area contributed by atoms with Crippen molar-refractivity contribution >= 4 is 17.9 Å². The van der Waals surface area contributed by atoms with Gasteiger partial charge in [-0.25, -0.2) is 0 Å². The first kappa shape index (κ1) is 60.3. The van der Waals surface area contributed by atoms with Crippen molar-refractivity contribution in [2.75, 3.05) is 13.2 Å². The van der Waals surface area contributed by atoms with Crippen LogP contribution in [0.25, 0.3) is 0 Å². The van der Waals surface area contributed by atoms with Crippen LogP contribution in [-0.2, 0) is 28.6 Å². The Hall–Kier alpha value is -3.67. The molecule has 0 heterocycles. The summed E-state index contributed by atoms with van der Waals surface area (Å²) in [6, 6.07) is 0. The molecule has 0 aromatic carbocycles. The van der Waals surface area contributed by atoms with Crippen molar-refractivity contribution in [2.24, 2.45) is 0 Å². The molecule has 0 aromatic heterocycles. The molecule has 0 fully saturated rings. The highest BCUT2D eigenvalue weighted by Crippen LogP contribution is 2.13. The summed E-state index contributed by atoms with van der Waals surface area (Å²) in [4.78, 5) is 37.6. The van der Waals surface area contributed by atoms with Gasteiger partial charge in [-0.1, -0.05) is 208 Å². The minimum atomic E-state index is -0.786. The van der Waals surface area contributed by atoms with Crippen LogP contribution in [-0.4, -0.2) is 37.2 Å². The van der Waals surface area contributed by atoms with E-state index in [2.05, 4.69) is 118 Å². The minimum Gasteiger partial charge on any atom is -0.462 e. The number of allylic oxidation sites excluding steroid dienone is 16. The van der Waals surface area contributed by atoms with Gasteiger partial charge in [0.15, 0.2) is 6.10 Å². The van der Waals surface area contributed by atoms with Gasteiger partial charge in [0.1, 0.15) is 13.2 Å². The van der Waals surface area contributed by atoms with Gasteiger partial charge in [0, 0.05) is 19.3 Å². The Balaban J connectivity index is 4.18. The molecule has 0 aromatic rings. The van der Waals surface area contributed by atoms with Gasteiger partial charge in [0.25, 0.3) is 0 Å². The monoisotopic (exact) mass is 889 g/mol. The van der Waals surface area contributed by atoms with Gasteiger partial charge >= 0.3 is 17.9 Å². The van der Waals surface area contributed by atoms with Crippen LogP contribution < -0.4 is 0 Å². The van der Waals surface area contributed by atoms with Crippen molar-refractivity contribution in [3.05, 3.63) is 97.2 Å². The van der Waals surface area contributed by atoms with Gasteiger partial charge < -0.3 is 14.2 Å². The lowest BCUT2D eigenvalue weighted by molar-refractivity contribution is -0.167. The zero-order valence-electron chi connectivity index (χ0n) is 41.5. The number of esters is 3. The summed E-state index contributed by atoms with van der Waals surface area (Å²) in [6.07, 6.45) is 68.6. The van der Waals surface area contributed by atoms with Crippen molar-refractivity contribution in [1.29, 1.82) is 0 Å². The molecule has 0 saturated heterocycles. The van der Waals surface area contributed by atoms with E-state index in [4.69, 9.17) is 14.2 Å². The maximum absolute atomic E-state index is 12.7. The Bertz CT molecular complexity index is 1300. The third-order valence-electron chi connectivity index (χ3n) is 10.8. The van der Waals surface area contributed by atoms with Gasteiger partial charge in [-0.2, -0.15) is 0 Å². The molecule has 64 heavy (non-hydrogen) atoms. The fraction of sp³-hybridized carbons (Fsp3) is 0.672. The van der Waals surface area contributed by atoms with Gasteiger partial charge in [-0.3, -0.25) is 14.4 Å². The molecule has 0 spiro atoms. The summed E-state index contributed by atoms with van der Waals surface area (Å²) < 4.78 is 16.6. The quantitative estimate of drug-likeness (QED) is 0.0262. The molecule has 6 heteroatoms. The standard InChI is InChI=1S/C58H96O6/c1-4-7-10-13-15-17-19-21-23-24-25-26-27-28-29-30-31-32-33-34-35-37-38-40-42-45-48-51-57(60)63-54-55(53-62-56(59)50-47-44-12-9-6-3)64-58(61)52-49-46-43-41-39-36-22-20-18-16-14-11-8-5-2/h7,10,15,17,20-23,25-26,28-29,31-32,34-35,55H,4-6,8-9,11-14,16,18-19,24,27,30,33,36-54H2,1-3H3/b10-7-,17-15-,22-20-,23-21-,26-25-,29-28-,32-31-,35-34-. The Morgan fingerprint density at radius 2 is 0.609 bits per heavy atom. The first-order valence-corrected chi connectivity index (χ1v) is 26.2. The lowest BCUT2D eigenvalue weighted by Gasteiger charge is -2.18. The van der Waals surface area contributed by atoms with E-state index in [-0.39, 0.29) is 31.1 Å². The van der Waals surface area contributed by atoms with Crippen LogP contribution >= 0.6 is 0 Å². The predicted molar refractivity (Wildman–Crippen MR) is 274 cm³/mol. The summed E-state index contributed by atoms with van der Waals surface area (Å²) in [5.74, 6) is -0.935. The number of carbonyl (C=O) groups excluding carboxylic acids is 3. The molecule has 1 unspecified atom stereocenters. The van der Waals surface area contributed by atoms with Crippen LogP contribution in [0.15, 0.2) is 97.2 Å². The van der Waals surface area contributed by atoms with E-state index >= 15 is 0 Å². The second kappa shape index (κ2) is 52.0. The summed E-state index contributed by atoms with van der Waals surface area (Å²) in [7, 11) is 0. The molecule has 0 aliphatic carbocycles. The van der Waals surface area contributed by atoms with E-state index in [0.717, 1.165) is 141 Å². The first-order chi connectivity index (χ1) is 31.5. The molecule has 0 amide bonds. The van der Waals surface area contributed by atoms with Crippen molar-refractivity contribution in [3.63, 3.8) is 0 Å². The number of unbranched alkanes of at least 4 members (excludes halogenated alkanes) is 19. The van der Waals surface area contributed by atoms with E-state index in [0.29, 0.717) is 19.3 Å². The normalized spacial score (nSPS) is 12.9. The smallest absolute Gasteiger partial charge is 0.306 e. The maximum atomic E-state index is 12.7. The van der Waals surface area contributed by atoms with Crippen LogP contribution in [0.4, 0.5) is 0 Å². The fourth-order valence-corrected chi connectivity index (χ4v) is 6.89. The van der Waals surface area contributed by atoms with Crippen LogP contribution in [0, 0.1) is 0 Å². The highest BCUT2D eigenvalue weighted by molar-refractivity contribution is 5.71. The number of rotatable bonds is 46. The molecule has 364 valence electrons. The third kappa shape index (κ3) is 49.3. The molecule has 0 saturated carbocycles. The van der Waals surface area contributed by atoms with Gasteiger partial charge in [0.2, 0.25) is 0 Å². The summed E-state index contributed by atoms with van der Waals surface area (Å²) in [6.45, 7) is 6.39. The lowest BCUT2D eigenvalue weighted by atomic mass is 10.1. The van der Waals surface area contributed by atoms with Crippen molar-refractivity contribution in [1.82, 2.24) is 0 Å². The molecule has 6 nitrogen and oxygen atoms in total. The highest BCUT2D eigenvalue weighted by Gasteiger charge is 2.19. The number of ether oxygens (including phenoxy) is 3. The van der Waals surface area contributed by atoms with Gasteiger partial charge in [-0.05, 0) is 103 Å². The first-order valence-electron chi connectivity index (χ1n) is 26.2. The van der Waals surface area contributed by atoms with Gasteiger partial charge in [-0.15, -0.1) is 0 Å². The minimum absolute atomic E-state index is 0.0884.